The molecule has 2 aromatic rings. The molecule has 0 aliphatic carbocycles. The molecule has 20 heavy (non-hydrogen) atoms. The van der Waals surface area contributed by atoms with Crippen molar-refractivity contribution < 1.29 is 18.3 Å². The van der Waals surface area contributed by atoms with Crippen LogP contribution < -0.4 is 0 Å². The Balaban J connectivity index is 2.26. The molecule has 1 aromatic heterocycles. The molecule has 0 bridgehead atoms. The fourth-order valence-electron chi connectivity index (χ4n) is 2.30. The first kappa shape index (κ1) is 14.8. The number of rotatable bonds is 5. The molecular formula is C14H17F3N2O. The van der Waals surface area contributed by atoms with Crippen LogP contribution in [0.5, 0.6) is 0 Å². The van der Waals surface area contributed by atoms with Gasteiger partial charge >= 0.3 is 6.18 Å². The lowest BCUT2D eigenvalue weighted by Crippen LogP contribution is -2.22. The number of hydrogen-bond donors (Lipinski definition) is 1. The first-order valence-corrected chi connectivity index (χ1v) is 6.59. The average Bonchev–Trinajstić information content (AvgIpc) is 2.66. The van der Waals surface area contributed by atoms with Gasteiger partial charge in [0.15, 0.2) is 0 Å². The van der Waals surface area contributed by atoms with Crippen LogP contribution in [0.4, 0.5) is 13.2 Å². The summed E-state index contributed by atoms with van der Waals surface area (Å²) in [7, 11) is 0. The molecule has 0 amide bonds. The van der Waals surface area contributed by atoms with E-state index >= 15 is 0 Å². The van der Waals surface area contributed by atoms with Crippen LogP contribution in [0.15, 0.2) is 24.3 Å². The molecule has 0 radical (unpaired) electrons. The van der Waals surface area contributed by atoms with E-state index in [1.165, 1.54) is 0 Å². The third kappa shape index (κ3) is 3.50. The Morgan fingerprint density at radius 2 is 2.00 bits per heavy atom. The van der Waals surface area contributed by atoms with Gasteiger partial charge in [0.25, 0.3) is 0 Å². The summed E-state index contributed by atoms with van der Waals surface area (Å²) in [4.78, 5) is 4.34. The number of nitrogens with zero attached hydrogens (tertiary/aromatic N) is 2. The molecule has 1 aromatic carbocycles. The standard InChI is InChI=1S/C14H17F3N2O/c1-2-7-19-12-6-4-3-5-11(12)18-13(19)8-10(20)9-14(15,16)17/h3-6,10,20H,2,7-9H2,1H3. The predicted octanol–water partition coefficient (Wildman–Crippen LogP) is 3.30. The zero-order valence-electron chi connectivity index (χ0n) is 11.2. The Bertz CT molecular complexity index is 577. The van der Waals surface area contributed by atoms with Gasteiger partial charge in [-0.1, -0.05) is 19.1 Å². The Labute approximate surface area is 115 Å². The lowest BCUT2D eigenvalue weighted by molar-refractivity contribution is -0.153. The summed E-state index contributed by atoms with van der Waals surface area (Å²) in [5.41, 5.74) is 1.64. The van der Waals surface area contributed by atoms with Crippen molar-refractivity contribution in [3.63, 3.8) is 0 Å². The molecule has 0 aliphatic rings. The number of alkyl halides is 3. The molecule has 0 aliphatic heterocycles. The van der Waals surface area contributed by atoms with Gasteiger partial charge < -0.3 is 9.67 Å². The number of hydrogen-bond acceptors (Lipinski definition) is 2. The third-order valence-electron chi connectivity index (χ3n) is 3.07. The summed E-state index contributed by atoms with van der Waals surface area (Å²) >= 11 is 0. The summed E-state index contributed by atoms with van der Waals surface area (Å²) < 4.78 is 38.7. The van der Waals surface area contributed by atoms with Crippen molar-refractivity contribution in [1.82, 2.24) is 9.55 Å². The molecule has 0 fully saturated rings. The van der Waals surface area contributed by atoms with Crippen LogP contribution in [-0.2, 0) is 13.0 Å². The first-order chi connectivity index (χ1) is 9.40. The van der Waals surface area contributed by atoms with E-state index in [1.54, 1.807) is 0 Å². The van der Waals surface area contributed by atoms with Crippen molar-refractivity contribution in [2.24, 2.45) is 0 Å². The van der Waals surface area contributed by atoms with E-state index in [0.29, 0.717) is 12.4 Å². The van der Waals surface area contributed by atoms with Gasteiger partial charge in [-0.25, -0.2) is 4.98 Å². The fraction of sp³-hybridized carbons (Fsp3) is 0.500. The number of aliphatic hydroxyl groups excluding tert-OH is 1. The zero-order chi connectivity index (χ0) is 14.8. The summed E-state index contributed by atoms with van der Waals surface area (Å²) in [6, 6.07) is 7.41. The summed E-state index contributed by atoms with van der Waals surface area (Å²) in [6.45, 7) is 2.67. The van der Waals surface area contributed by atoms with Crippen molar-refractivity contribution in [3.05, 3.63) is 30.1 Å². The lowest BCUT2D eigenvalue weighted by atomic mass is 10.1. The zero-order valence-corrected chi connectivity index (χ0v) is 11.2. The molecule has 2 rings (SSSR count). The minimum Gasteiger partial charge on any atom is -0.392 e. The maximum absolute atomic E-state index is 12.3. The highest BCUT2D eigenvalue weighted by molar-refractivity contribution is 5.75. The molecule has 110 valence electrons. The highest BCUT2D eigenvalue weighted by atomic mass is 19.4. The van der Waals surface area contributed by atoms with E-state index in [9.17, 15) is 18.3 Å². The van der Waals surface area contributed by atoms with Crippen LogP contribution in [0.25, 0.3) is 11.0 Å². The van der Waals surface area contributed by atoms with Gasteiger partial charge in [-0.2, -0.15) is 13.2 Å². The van der Waals surface area contributed by atoms with Crippen molar-refractivity contribution in [3.8, 4) is 0 Å². The lowest BCUT2D eigenvalue weighted by Gasteiger charge is -2.14. The van der Waals surface area contributed by atoms with E-state index in [4.69, 9.17) is 0 Å². The highest BCUT2D eigenvalue weighted by Crippen LogP contribution is 2.24. The van der Waals surface area contributed by atoms with Gasteiger partial charge in [-0.05, 0) is 18.6 Å². The Hall–Kier alpha value is -1.56. The van der Waals surface area contributed by atoms with Crippen LogP contribution in [0.3, 0.4) is 0 Å². The molecule has 1 unspecified atom stereocenters. The van der Waals surface area contributed by atoms with E-state index in [0.717, 1.165) is 17.5 Å². The molecule has 1 atom stereocenters. The van der Waals surface area contributed by atoms with Crippen molar-refractivity contribution in [2.75, 3.05) is 0 Å². The second-order valence-corrected chi connectivity index (χ2v) is 4.85. The van der Waals surface area contributed by atoms with Crippen LogP contribution in [0.1, 0.15) is 25.6 Å². The van der Waals surface area contributed by atoms with Gasteiger partial charge in [0.2, 0.25) is 0 Å². The monoisotopic (exact) mass is 286 g/mol. The number of halogens is 3. The topological polar surface area (TPSA) is 38.0 Å². The molecule has 0 spiro atoms. The fourth-order valence-corrected chi connectivity index (χ4v) is 2.30. The molecule has 6 heteroatoms. The summed E-state index contributed by atoms with van der Waals surface area (Å²) in [5.74, 6) is 0.504. The largest absolute Gasteiger partial charge is 0.392 e. The SMILES string of the molecule is CCCn1c(CC(O)CC(F)(F)F)nc2ccccc21. The molecule has 0 saturated heterocycles. The van der Waals surface area contributed by atoms with Crippen molar-refractivity contribution in [2.45, 2.75) is 45.0 Å². The normalized spacial score (nSPS) is 13.8. The second kappa shape index (κ2) is 5.83. The number of aromatic nitrogens is 2. The Kier molecular flexibility index (Phi) is 4.32. The van der Waals surface area contributed by atoms with Gasteiger partial charge in [0.1, 0.15) is 5.82 Å². The number of aryl methyl sites for hydroxylation is 1. The maximum Gasteiger partial charge on any atom is 0.391 e. The number of aliphatic hydroxyl groups is 1. The number of imidazole rings is 1. The van der Waals surface area contributed by atoms with Crippen LogP contribution in [-0.4, -0.2) is 26.9 Å². The highest BCUT2D eigenvalue weighted by Gasteiger charge is 2.31. The van der Waals surface area contributed by atoms with E-state index in [-0.39, 0.29) is 6.42 Å². The smallest absolute Gasteiger partial charge is 0.391 e. The maximum atomic E-state index is 12.3. The first-order valence-electron chi connectivity index (χ1n) is 6.59. The molecule has 1 N–H and O–H groups in total. The molecular weight excluding hydrogens is 269 g/mol. The Morgan fingerprint density at radius 1 is 1.30 bits per heavy atom. The van der Waals surface area contributed by atoms with Crippen LogP contribution in [0, 0.1) is 0 Å². The summed E-state index contributed by atoms with van der Waals surface area (Å²) in [6.07, 6.45) is -6.26. The van der Waals surface area contributed by atoms with E-state index in [2.05, 4.69) is 4.98 Å². The quantitative estimate of drug-likeness (QED) is 0.915. The molecule has 1 heterocycles. The number of fused-ring (bicyclic) bond motifs is 1. The van der Waals surface area contributed by atoms with Gasteiger partial charge in [0, 0.05) is 13.0 Å². The van der Waals surface area contributed by atoms with Crippen LogP contribution >= 0.6 is 0 Å². The van der Waals surface area contributed by atoms with Gasteiger partial charge in [-0.15, -0.1) is 0 Å². The molecule has 3 nitrogen and oxygen atoms in total. The van der Waals surface area contributed by atoms with Gasteiger partial charge in [0.05, 0.1) is 23.6 Å². The third-order valence-corrected chi connectivity index (χ3v) is 3.07. The minimum atomic E-state index is -4.36. The van der Waals surface area contributed by atoms with Gasteiger partial charge in [-0.3, -0.25) is 0 Å². The van der Waals surface area contributed by atoms with E-state index in [1.807, 2.05) is 35.8 Å². The minimum absolute atomic E-state index is 0.0891. The van der Waals surface area contributed by atoms with Crippen molar-refractivity contribution >= 4 is 11.0 Å². The van der Waals surface area contributed by atoms with E-state index < -0.39 is 18.7 Å². The summed E-state index contributed by atoms with van der Waals surface area (Å²) in [5, 5.41) is 9.58. The second-order valence-electron chi connectivity index (χ2n) is 4.85. The average molecular weight is 286 g/mol. The molecule has 0 saturated carbocycles. The van der Waals surface area contributed by atoms with Crippen LogP contribution in [0.2, 0.25) is 0 Å². The number of benzene rings is 1. The van der Waals surface area contributed by atoms with Crippen molar-refractivity contribution in [1.29, 1.82) is 0 Å². The number of para-hydroxylation sites is 2. The Morgan fingerprint density at radius 3 is 2.65 bits per heavy atom. The predicted molar refractivity (Wildman–Crippen MR) is 70.4 cm³/mol.